The predicted octanol–water partition coefficient (Wildman–Crippen LogP) is 1.50. The monoisotopic (exact) mass is 282 g/mol. The summed E-state index contributed by atoms with van der Waals surface area (Å²) < 4.78 is 10.7. The quantitative estimate of drug-likeness (QED) is 0.684. The van der Waals surface area contributed by atoms with E-state index in [1.807, 2.05) is 0 Å². The van der Waals surface area contributed by atoms with Gasteiger partial charge in [-0.05, 0) is 44.4 Å². The van der Waals surface area contributed by atoms with Crippen molar-refractivity contribution in [2.45, 2.75) is 44.2 Å². The van der Waals surface area contributed by atoms with Crippen LogP contribution < -0.4 is 5.32 Å². The molecule has 0 bridgehead atoms. The van der Waals surface area contributed by atoms with E-state index >= 15 is 0 Å². The third-order valence-electron chi connectivity index (χ3n) is 5.31. The van der Waals surface area contributed by atoms with Crippen LogP contribution in [0.3, 0.4) is 0 Å². The molecule has 0 aromatic carbocycles. The van der Waals surface area contributed by atoms with Crippen molar-refractivity contribution < 1.29 is 9.47 Å². The molecule has 3 rings (SSSR count). The molecule has 0 aromatic rings. The zero-order chi connectivity index (χ0) is 14.0. The molecule has 4 heteroatoms. The molecule has 1 saturated heterocycles. The van der Waals surface area contributed by atoms with Gasteiger partial charge in [0.05, 0.1) is 19.8 Å². The lowest BCUT2D eigenvalue weighted by atomic mass is 9.90. The molecule has 20 heavy (non-hydrogen) atoms. The molecule has 3 aliphatic rings. The van der Waals surface area contributed by atoms with Gasteiger partial charge >= 0.3 is 0 Å². The molecule has 116 valence electrons. The fraction of sp³-hybridized carbons (Fsp3) is 1.00. The molecule has 2 unspecified atom stereocenters. The second-order valence-corrected chi connectivity index (χ2v) is 7.05. The number of hydrogen-bond acceptors (Lipinski definition) is 4. The van der Waals surface area contributed by atoms with E-state index in [0.29, 0.717) is 12.1 Å². The lowest BCUT2D eigenvalue weighted by molar-refractivity contribution is 0.0185. The van der Waals surface area contributed by atoms with Crippen LogP contribution in [0.2, 0.25) is 0 Å². The summed E-state index contributed by atoms with van der Waals surface area (Å²) in [6, 6.07) is 0.743. The first kappa shape index (κ1) is 14.8. The summed E-state index contributed by atoms with van der Waals surface area (Å²) in [5.41, 5.74) is 0.345. The van der Waals surface area contributed by atoms with Gasteiger partial charge in [0.25, 0.3) is 0 Å². The average Bonchev–Trinajstić information content (AvgIpc) is 3.30. The molecule has 0 amide bonds. The van der Waals surface area contributed by atoms with Crippen molar-refractivity contribution in [3.8, 4) is 0 Å². The number of rotatable bonds is 8. The molecule has 1 heterocycles. The lowest BCUT2D eigenvalue weighted by Gasteiger charge is -2.47. The topological polar surface area (TPSA) is 33.7 Å². The van der Waals surface area contributed by atoms with Gasteiger partial charge in [-0.15, -0.1) is 0 Å². The van der Waals surface area contributed by atoms with Crippen LogP contribution in [-0.2, 0) is 9.47 Å². The van der Waals surface area contributed by atoms with Crippen molar-refractivity contribution in [2.75, 3.05) is 46.6 Å². The van der Waals surface area contributed by atoms with E-state index in [1.165, 1.54) is 38.8 Å². The van der Waals surface area contributed by atoms with Crippen LogP contribution in [0.5, 0.6) is 0 Å². The molecule has 3 fully saturated rings. The Morgan fingerprint density at radius 3 is 2.60 bits per heavy atom. The highest BCUT2D eigenvalue weighted by molar-refractivity contribution is 5.06. The molecule has 2 aliphatic carbocycles. The molecule has 0 aromatic heterocycles. The summed E-state index contributed by atoms with van der Waals surface area (Å²) in [6.45, 7) is 8.14. The largest absolute Gasteiger partial charge is 0.382 e. The van der Waals surface area contributed by atoms with Crippen LogP contribution in [0.1, 0.15) is 32.6 Å². The Kier molecular flexibility index (Phi) is 4.65. The van der Waals surface area contributed by atoms with Crippen molar-refractivity contribution in [3.63, 3.8) is 0 Å². The Balaban J connectivity index is 1.49. The Labute approximate surface area is 123 Å². The number of piperazine rings is 1. The molecule has 2 atom stereocenters. The lowest BCUT2D eigenvalue weighted by Crippen LogP contribution is -2.64. The van der Waals surface area contributed by atoms with Gasteiger partial charge in [-0.2, -0.15) is 0 Å². The number of nitrogens with one attached hydrogen (secondary N) is 1. The third kappa shape index (κ3) is 3.53. The zero-order valence-corrected chi connectivity index (χ0v) is 13.1. The van der Waals surface area contributed by atoms with E-state index in [0.717, 1.165) is 37.6 Å². The standard InChI is InChI=1S/C16H30N2O2/c1-16(14-5-6-14)12-18(7-8-20-10-9-19-2)15(11-17-16)13-3-4-13/h13-15,17H,3-12H2,1-2H3. The zero-order valence-electron chi connectivity index (χ0n) is 13.1. The van der Waals surface area contributed by atoms with E-state index in [4.69, 9.17) is 9.47 Å². The molecule has 1 aliphatic heterocycles. The SMILES string of the molecule is COCCOCCN1CC(C)(C2CC2)NCC1C1CC1. The summed E-state index contributed by atoms with van der Waals surface area (Å²) in [5, 5.41) is 3.87. The van der Waals surface area contributed by atoms with Crippen LogP contribution in [0.4, 0.5) is 0 Å². The Morgan fingerprint density at radius 2 is 1.95 bits per heavy atom. The second kappa shape index (κ2) is 6.30. The van der Waals surface area contributed by atoms with Gasteiger partial charge in [-0.25, -0.2) is 0 Å². The maximum absolute atomic E-state index is 5.68. The van der Waals surface area contributed by atoms with Gasteiger partial charge in [-0.3, -0.25) is 4.90 Å². The van der Waals surface area contributed by atoms with Gasteiger partial charge in [0.1, 0.15) is 0 Å². The summed E-state index contributed by atoms with van der Waals surface area (Å²) in [5.74, 6) is 1.84. The van der Waals surface area contributed by atoms with E-state index in [9.17, 15) is 0 Å². The third-order valence-corrected chi connectivity index (χ3v) is 5.31. The fourth-order valence-corrected chi connectivity index (χ4v) is 3.67. The highest BCUT2D eigenvalue weighted by Crippen LogP contribution is 2.44. The number of methoxy groups -OCH3 is 1. The van der Waals surface area contributed by atoms with Crippen molar-refractivity contribution in [3.05, 3.63) is 0 Å². The minimum atomic E-state index is 0.345. The van der Waals surface area contributed by atoms with E-state index in [1.54, 1.807) is 7.11 Å². The molecule has 0 spiro atoms. The highest BCUT2D eigenvalue weighted by Gasteiger charge is 2.48. The molecule has 4 nitrogen and oxygen atoms in total. The van der Waals surface area contributed by atoms with Crippen molar-refractivity contribution in [1.29, 1.82) is 0 Å². The van der Waals surface area contributed by atoms with Crippen LogP contribution >= 0.6 is 0 Å². The van der Waals surface area contributed by atoms with Crippen molar-refractivity contribution in [2.24, 2.45) is 11.8 Å². The van der Waals surface area contributed by atoms with Gasteiger partial charge in [0.2, 0.25) is 0 Å². The van der Waals surface area contributed by atoms with Gasteiger partial charge in [0.15, 0.2) is 0 Å². The normalized spacial score (nSPS) is 35.4. The van der Waals surface area contributed by atoms with Crippen molar-refractivity contribution in [1.82, 2.24) is 10.2 Å². The van der Waals surface area contributed by atoms with E-state index in [2.05, 4.69) is 17.1 Å². The van der Waals surface area contributed by atoms with Crippen LogP contribution in [0.25, 0.3) is 0 Å². The molecule has 2 saturated carbocycles. The van der Waals surface area contributed by atoms with Gasteiger partial charge < -0.3 is 14.8 Å². The molecule has 0 radical (unpaired) electrons. The van der Waals surface area contributed by atoms with Gasteiger partial charge in [-0.1, -0.05) is 0 Å². The van der Waals surface area contributed by atoms with E-state index in [-0.39, 0.29) is 0 Å². The summed E-state index contributed by atoms with van der Waals surface area (Å²) in [6.07, 6.45) is 5.67. The minimum Gasteiger partial charge on any atom is -0.382 e. The highest BCUT2D eigenvalue weighted by atomic mass is 16.5. The first-order chi connectivity index (χ1) is 9.73. The number of nitrogens with zero attached hydrogens (tertiary/aromatic N) is 1. The Hall–Kier alpha value is -0.160. The van der Waals surface area contributed by atoms with Crippen LogP contribution in [0, 0.1) is 11.8 Å². The summed E-state index contributed by atoms with van der Waals surface area (Å²) in [4.78, 5) is 2.71. The Morgan fingerprint density at radius 1 is 1.15 bits per heavy atom. The number of ether oxygens (including phenoxy) is 2. The Bertz CT molecular complexity index is 318. The summed E-state index contributed by atoms with van der Waals surface area (Å²) in [7, 11) is 1.73. The number of hydrogen-bond donors (Lipinski definition) is 1. The van der Waals surface area contributed by atoms with Crippen LogP contribution in [0.15, 0.2) is 0 Å². The minimum absolute atomic E-state index is 0.345. The van der Waals surface area contributed by atoms with Crippen LogP contribution in [-0.4, -0.2) is 63.0 Å². The second-order valence-electron chi connectivity index (χ2n) is 7.05. The van der Waals surface area contributed by atoms with Crippen molar-refractivity contribution >= 4 is 0 Å². The molecular weight excluding hydrogens is 252 g/mol. The molecule has 1 N–H and O–H groups in total. The first-order valence-corrected chi connectivity index (χ1v) is 8.29. The summed E-state index contributed by atoms with van der Waals surface area (Å²) >= 11 is 0. The first-order valence-electron chi connectivity index (χ1n) is 8.29. The maximum Gasteiger partial charge on any atom is 0.0700 e. The predicted molar refractivity (Wildman–Crippen MR) is 79.9 cm³/mol. The van der Waals surface area contributed by atoms with E-state index < -0.39 is 0 Å². The fourth-order valence-electron chi connectivity index (χ4n) is 3.67. The maximum atomic E-state index is 5.68. The smallest absolute Gasteiger partial charge is 0.0700 e. The average molecular weight is 282 g/mol. The molecular formula is C16H30N2O2. The van der Waals surface area contributed by atoms with Gasteiger partial charge in [0, 0.05) is 38.3 Å².